The molecule has 3 rings (SSSR count). The Labute approximate surface area is 116 Å². The standard InChI is InChI=1S/C15H15NO4/c1-9-13(8-14(17)18)20-15(16-9)11-4-5-12-10(7-11)3-2-6-19-12/h4-5,7H,2-3,6,8H2,1H3,(H,17,18). The number of fused-ring (bicyclic) bond motifs is 1. The molecule has 0 saturated carbocycles. The van der Waals surface area contributed by atoms with Gasteiger partial charge in [-0.3, -0.25) is 4.79 Å². The Balaban J connectivity index is 1.94. The van der Waals surface area contributed by atoms with Crippen LogP contribution in [0.5, 0.6) is 5.75 Å². The first-order valence-electron chi connectivity index (χ1n) is 6.57. The van der Waals surface area contributed by atoms with E-state index in [1.807, 2.05) is 18.2 Å². The molecule has 1 N–H and O–H groups in total. The maximum absolute atomic E-state index is 10.8. The van der Waals surface area contributed by atoms with Crippen LogP contribution in [0.2, 0.25) is 0 Å². The Morgan fingerprint density at radius 1 is 1.45 bits per heavy atom. The van der Waals surface area contributed by atoms with E-state index >= 15 is 0 Å². The summed E-state index contributed by atoms with van der Waals surface area (Å²) in [5.74, 6) is 0.859. The van der Waals surface area contributed by atoms with E-state index in [1.54, 1.807) is 6.92 Å². The van der Waals surface area contributed by atoms with Gasteiger partial charge in [-0.2, -0.15) is 0 Å². The van der Waals surface area contributed by atoms with Gasteiger partial charge in [0, 0.05) is 5.56 Å². The lowest BCUT2D eigenvalue weighted by Crippen LogP contribution is -2.08. The highest BCUT2D eigenvalue weighted by molar-refractivity contribution is 5.70. The van der Waals surface area contributed by atoms with E-state index in [0.717, 1.165) is 36.3 Å². The highest BCUT2D eigenvalue weighted by atomic mass is 16.5. The third kappa shape index (κ3) is 2.39. The van der Waals surface area contributed by atoms with Crippen LogP contribution in [-0.2, 0) is 17.6 Å². The number of benzene rings is 1. The zero-order valence-electron chi connectivity index (χ0n) is 11.2. The molecule has 0 aliphatic carbocycles. The second-order valence-corrected chi connectivity index (χ2v) is 4.87. The summed E-state index contributed by atoms with van der Waals surface area (Å²) < 4.78 is 11.1. The van der Waals surface area contributed by atoms with E-state index < -0.39 is 5.97 Å². The van der Waals surface area contributed by atoms with Crippen LogP contribution in [0.15, 0.2) is 22.6 Å². The Hall–Kier alpha value is -2.30. The summed E-state index contributed by atoms with van der Waals surface area (Å²) in [6.07, 6.45) is 1.84. The summed E-state index contributed by atoms with van der Waals surface area (Å²) in [6.45, 7) is 2.51. The molecule has 0 unspecified atom stereocenters. The number of hydrogen-bond donors (Lipinski definition) is 1. The van der Waals surface area contributed by atoms with Gasteiger partial charge in [-0.15, -0.1) is 0 Å². The third-order valence-corrected chi connectivity index (χ3v) is 3.36. The van der Waals surface area contributed by atoms with Crippen molar-refractivity contribution in [1.82, 2.24) is 4.98 Å². The molecule has 5 heteroatoms. The van der Waals surface area contributed by atoms with Crippen LogP contribution in [0.4, 0.5) is 0 Å². The van der Waals surface area contributed by atoms with E-state index in [4.69, 9.17) is 14.3 Å². The quantitative estimate of drug-likeness (QED) is 0.930. The Kier molecular flexibility index (Phi) is 3.18. The van der Waals surface area contributed by atoms with Crippen LogP contribution >= 0.6 is 0 Å². The summed E-state index contributed by atoms with van der Waals surface area (Å²) in [5.41, 5.74) is 2.62. The monoisotopic (exact) mass is 273 g/mol. The van der Waals surface area contributed by atoms with Crippen molar-refractivity contribution in [3.05, 3.63) is 35.2 Å². The lowest BCUT2D eigenvalue weighted by Gasteiger charge is -2.17. The molecule has 0 atom stereocenters. The third-order valence-electron chi connectivity index (χ3n) is 3.36. The molecule has 0 spiro atoms. The van der Waals surface area contributed by atoms with Crippen LogP contribution in [0.25, 0.3) is 11.5 Å². The van der Waals surface area contributed by atoms with E-state index in [-0.39, 0.29) is 6.42 Å². The molecule has 20 heavy (non-hydrogen) atoms. The highest BCUT2D eigenvalue weighted by Gasteiger charge is 2.16. The number of rotatable bonds is 3. The summed E-state index contributed by atoms with van der Waals surface area (Å²) in [7, 11) is 0. The average molecular weight is 273 g/mol. The van der Waals surface area contributed by atoms with Gasteiger partial charge in [-0.25, -0.2) is 4.98 Å². The van der Waals surface area contributed by atoms with Crippen molar-refractivity contribution < 1.29 is 19.1 Å². The van der Waals surface area contributed by atoms with E-state index in [2.05, 4.69) is 4.98 Å². The van der Waals surface area contributed by atoms with E-state index in [1.165, 1.54) is 0 Å². The van der Waals surface area contributed by atoms with Crippen LogP contribution in [-0.4, -0.2) is 22.7 Å². The van der Waals surface area contributed by atoms with E-state index in [0.29, 0.717) is 17.3 Å². The number of nitrogens with zero attached hydrogens (tertiary/aromatic N) is 1. The molecular weight excluding hydrogens is 258 g/mol. The smallest absolute Gasteiger partial charge is 0.311 e. The van der Waals surface area contributed by atoms with Gasteiger partial charge in [0.2, 0.25) is 5.89 Å². The molecule has 2 heterocycles. The van der Waals surface area contributed by atoms with Gasteiger partial charge in [-0.05, 0) is 43.5 Å². The van der Waals surface area contributed by atoms with Gasteiger partial charge in [0.15, 0.2) is 0 Å². The van der Waals surface area contributed by atoms with Crippen molar-refractivity contribution in [3.8, 4) is 17.2 Å². The van der Waals surface area contributed by atoms with Crippen LogP contribution in [0.3, 0.4) is 0 Å². The zero-order chi connectivity index (χ0) is 14.1. The number of carbonyl (C=O) groups is 1. The normalized spacial score (nSPS) is 13.7. The molecule has 1 aromatic carbocycles. The fourth-order valence-electron chi connectivity index (χ4n) is 2.35. The molecule has 0 bridgehead atoms. The second kappa shape index (κ2) is 5.00. The SMILES string of the molecule is Cc1nc(-c2ccc3c(c2)CCCO3)oc1CC(=O)O. The molecule has 0 radical (unpaired) electrons. The van der Waals surface area contributed by atoms with Crippen molar-refractivity contribution in [2.45, 2.75) is 26.2 Å². The number of aliphatic carboxylic acids is 1. The average Bonchev–Trinajstić information content (AvgIpc) is 2.79. The molecule has 104 valence electrons. The minimum absolute atomic E-state index is 0.146. The number of hydrogen-bond acceptors (Lipinski definition) is 4. The first-order valence-corrected chi connectivity index (χ1v) is 6.57. The number of oxazole rings is 1. The molecule has 1 aliphatic heterocycles. The highest BCUT2D eigenvalue weighted by Crippen LogP contribution is 2.30. The van der Waals surface area contributed by atoms with Crippen molar-refractivity contribution in [2.75, 3.05) is 6.61 Å². The van der Waals surface area contributed by atoms with Gasteiger partial charge < -0.3 is 14.3 Å². The van der Waals surface area contributed by atoms with Gasteiger partial charge in [0.1, 0.15) is 17.9 Å². The number of carboxylic acids is 1. The first kappa shape index (κ1) is 12.7. The van der Waals surface area contributed by atoms with Gasteiger partial charge in [0.25, 0.3) is 0 Å². The molecule has 0 fully saturated rings. The molecule has 0 amide bonds. The maximum atomic E-state index is 10.8. The zero-order valence-corrected chi connectivity index (χ0v) is 11.2. The minimum Gasteiger partial charge on any atom is -0.493 e. The fraction of sp³-hybridized carbons (Fsp3) is 0.333. The largest absolute Gasteiger partial charge is 0.493 e. The number of aromatic nitrogens is 1. The minimum atomic E-state index is -0.922. The summed E-state index contributed by atoms with van der Waals surface area (Å²) in [4.78, 5) is 15.1. The second-order valence-electron chi connectivity index (χ2n) is 4.87. The van der Waals surface area contributed by atoms with Gasteiger partial charge in [0.05, 0.1) is 12.3 Å². The maximum Gasteiger partial charge on any atom is 0.311 e. The van der Waals surface area contributed by atoms with Crippen molar-refractivity contribution >= 4 is 5.97 Å². The van der Waals surface area contributed by atoms with Crippen LogP contribution < -0.4 is 4.74 Å². The molecular formula is C15H15NO4. The van der Waals surface area contributed by atoms with Crippen LogP contribution in [0, 0.1) is 6.92 Å². The number of aryl methyl sites for hydroxylation is 2. The fourth-order valence-corrected chi connectivity index (χ4v) is 2.35. The first-order chi connectivity index (χ1) is 9.63. The molecule has 2 aromatic rings. The summed E-state index contributed by atoms with van der Waals surface area (Å²) in [5, 5.41) is 8.82. The molecule has 1 aliphatic rings. The van der Waals surface area contributed by atoms with Crippen molar-refractivity contribution in [1.29, 1.82) is 0 Å². The predicted molar refractivity (Wildman–Crippen MR) is 71.8 cm³/mol. The van der Waals surface area contributed by atoms with Gasteiger partial charge in [-0.1, -0.05) is 0 Å². The summed E-state index contributed by atoms with van der Waals surface area (Å²) in [6, 6.07) is 5.81. The van der Waals surface area contributed by atoms with Crippen LogP contribution in [0.1, 0.15) is 23.4 Å². The summed E-state index contributed by atoms with van der Waals surface area (Å²) >= 11 is 0. The molecule has 5 nitrogen and oxygen atoms in total. The van der Waals surface area contributed by atoms with Crippen molar-refractivity contribution in [3.63, 3.8) is 0 Å². The van der Waals surface area contributed by atoms with E-state index in [9.17, 15) is 4.79 Å². The molecule has 0 saturated heterocycles. The number of carboxylic acid groups (broad SMARTS) is 1. The Morgan fingerprint density at radius 2 is 2.30 bits per heavy atom. The topological polar surface area (TPSA) is 72.6 Å². The lowest BCUT2D eigenvalue weighted by atomic mass is 10.0. The van der Waals surface area contributed by atoms with Crippen molar-refractivity contribution in [2.24, 2.45) is 0 Å². The Bertz CT molecular complexity index is 660. The predicted octanol–water partition coefficient (Wildman–Crippen LogP) is 2.60. The molecule has 1 aromatic heterocycles. The van der Waals surface area contributed by atoms with Gasteiger partial charge >= 0.3 is 5.97 Å². The number of ether oxygens (including phenoxy) is 1. The Morgan fingerprint density at radius 3 is 3.10 bits per heavy atom. The lowest BCUT2D eigenvalue weighted by molar-refractivity contribution is -0.136.